The van der Waals surface area contributed by atoms with Crippen molar-refractivity contribution in [3.63, 3.8) is 0 Å². The molecule has 1 rings (SSSR count). The van der Waals surface area contributed by atoms with Crippen LogP contribution >= 0.6 is 0 Å². The molecule has 0 aliphatic rings. The molecule has 0 bridgehead atoms. The van der Waals surface area contributed by atoms with Crippen LogP contribution in [-0.2, 0) is 9.47 Å². The van der Waals surface area contributed by atoms with Gasteiger partial charge in [-0.1, -0.05) is 6.07 Å². The number of ether oxygens (including phenoxy) is 3. The molecule has 0 amide bonds. The Kier molecular flexibility index (Phi) is 7.97. The highest BCUT2D eigenvalue weighted by Crippen LogP contribution is 2.18. The molecule has 0 atom stereocenters. The number of hydrogen-bond donors (Lipinski definition) is 1. The van der Waals surface area contributed by atoms with Crippen molar-refractivity contribution in [2.75, 3.05) is 58.6 Å². The topological polar surface area (TPSA) is 57.0 Å². The predicted molar refractivity (Wildman–Crippen MR) is 77.0 cm³/mol. The van der Waals surface area contributed by atoms with Gasteiger partial charge in [0.1, 0.15) is 12.4 Å². The molecule has 0 aliphatic heterocycles. The molecule has 19 heavy (non-hydrogen) atoms. The van der Waals surface area contributed by atoms with Crippen molar-refractivity contribution in [3.8, 4) is 5.75 Å². The third-order valence-corrected chi connectivity index (χ3v) is 2.46. The summed E-state index contributed by atoms with van der Waals surface area (Å²) in [4.78, 5) is 2.04. The van der Waals surface area contributed by atoms with Crippen LogP contribution in [0.5, 0.6) is 5.75 Å². The molecule has 0 saturated carbocycles. The van der Waals surface area contributed by atoms with Crippen molar-refractivity contribution < 1.29 is 14.2 Å². The van der Waals surface area contributed by atoms with E-state index in [2.05, 4.69) is 0 Å². The minimum Gasteiger partial charge on any atom is -0.491 e. The summed E-state index contributed by atoms with van der Waals surface area (Å²) in [5.41, 5.74) is 6.42. The Bertz CT molecular complexity index is 345. The normalized spacial score (nSPS) is 10.5. The van der Waals surface area contributed by atoms with Crippen molar-refractivity contribution >= 4 is 5.69 Å². The lowest BCUT2D eigenvalue weighted by Gasteiger charge is -2.14. The van der Waals surface area contributed by atoms with Gasteiger partial charge in [-0.3, -0.25) is 0 Å². The Morgan fingerprint density at radius 3 is 2.37 bits per heavy atom. The minimum absolute atomic E-state index is 0.535. The molecular weight excluding hydrogens is 244 g/mol. The first-order chi connectivity index (χ1) is 9.24. The van der Waals surface area contributed by atoms with Crippen LogP contribution in [0.2, 0.25) is 0 Å². The first-order valence-electron chi connectivity index (χ1n) is 6.50. The van der Waals surface area contributed by atoms with E-state index in [1.807, 2.05) is 43.3 Å². The van der Waals surface area contributed by atoms with Crippen molar-refractivity contribution in [2.45, 2.75) is 0 Å². The molecule has 1 aromatic rings. The number of benzene rings is 1. The van der Waals surface area contributed by atoms with E-state index in [0.717, 1.165) is 11.4 Å². The monoisotopic (exact) mass is 268 g/mol. The zero-order valence-electron chi connectivity index (χ0n) is 11.8. The molecule has 0 saturated heterocycles. The van der Waals surface area contributed by atoms with E-state index in [4.69, 9.17) is 19.9 Å². The zero-order valence-corrected chi connectivity index (χ0v) is 11.8. The van der Waals surface area contributed by atoms with Crippen LogP contribution in [0.1, 0.15) is 0 Å². The van der Waals surface area contributed by atoms with Gasteiger partial charge in [-0.15, -0.1) is 0 Å². The van der Waals surface area contributed by atoms with Gasteiger partial charge in [-0.25, -0.2) is 0 Å². The molecule has 0 fully saturated rings. The maximum Gasteiger partial charge on any atom is 0.121 e. The molecule has 5 heteroatoms. The van der Waals surface area contributed by atoms with Crippen LogP contribution in [-0.4, -0.2) is 53.7 Å². The van der Waals surface area contributed by atoms with E-state index in [-0.39, 0.29) is 0 Å². The second-order valence-corrected chi connectivity index (χ2v) is 4.25. The lowest BCUT2D eigenvalue weighted by molar-refractivity contribution is 0.0388. The van der Waals surface area contributed by atoms with Gasteiger partial charge in [0.25, 0.3) is 0 Å². The van der Waals surface area contributed by atoms with E-state index < -0.39 is 0 Å². The Morgan fingerprint density at radius 1 is 1.00 bits per heavy atom. The fourth-order valence-corrected chi connectivity index (χ4v) is 1.48. The van der Waals surface area contributed by atoms with Crippen LogP contribution in [0, 0.1) is 0 Å². The van der Waals surface area contributed by atoms with Gasteiger partial charge in [-0.05, 0) is 12.1 Å². The standard InChI is InChI=1S/C14H24N2O3/c1-16(2)13-4-3-5-14(12-13)19-11-10-18-9-8-17-7-6-15/h3-5,12H,6-11,15H2,1-2H3. The molecule has 0 radical (unpaired) electrons. The van der Waals surface area contributed by atoms with Gasteiger partial charge in [0.05, 0.1) is 26.4 Å². The summed E-state index contributed by atoms with van der Waals surface area (Å²) in [7, 11) is 4.01. The highest BCUT2D eigenvalue weighted by Gasteiger charge is 1.98. The molecule has 0 heterocycles. The van der Waals surface area contributed by atoms with E-state index in [1.54, 1.807) is 0 Å². The summed E-state index contributed by atoms with van der Waals surface area (Å²) in [6.07, 6.45) is 0. The fraction of sp³-hybridized carbons (Fsp3) is 0.571. The third kappa shape index (κ3) is 7.00. The molecule has 1 aromatic carbocycles. The van der Waals surface area contributed by atoms with E-state index in [1.165, 1.54) is 0 Å². The lowest BCUT2D eigenvalue weighted by Crippen LogP contribution is -2.14. The van der Waals surface area contributed by atoms with Crippen LogP contribution in [0.4, 0.5) is 5.69 Å². The number of rotatable bonds is 10. The lowest BCUT2D eigenvalue weighted by atomic mass is 10.3. The Labute approximate surface area is 115 Å². The van der Waals surface area contributed by atoms with Gasteiger partial charge in [0.15, 0.2) is 0 Å². The number of nitrogens with zero attached hydrogens (tertiary/aromatic N) is 1. The summed E-state index contributed by atoms with van der Waals surface area (Å²) < 4.78 is 16.2. The van der Waals surface area contributed by atoms with Gasteiger partial charge in [0, 0.05) is 32.4 Å². The molecule has 0 aliphatic carbocycles. The maximum atomic E-state index is 5.61. The van der Waals surface area contributed by atoms with Gasteiger partial charge < -0.3 is 24.8 Å². The SMILES string of the molecule is CN(C)c1cccc(OCCOCCOCCN)c1. The number of hydrogen-bond acceptors (Lipinski definition) is 5. The van der Waals surface area contributed by atoms with E-state index >= 15 is 0 Å². The van der Waals surface area contributed by atoms with Crippen LogP contribution in [0.25, 0.3) is 0 Å². The molecule has 2 N–H and O–H groups in total. The van der Waals surface area contributed by atoms with Crippen LogP contribution < -0.4 is 15.4 Å². The predicted octanol–water partition coefficient (Wildman–Crippen LogP) is 1.12. The van der Waals surface area contributed by atoms with Crippen molar-refractivity contribution in [1.82, 2.24) is 0 Å². The summed E-state index contributed by atoms with van der Waals surface area (Å²) in [5.74, 6) is 0.856. The fourth-order valence-electron chi connectivity index (χ4n) is 1.48. The summed E-state index contributed by atoms with van der Waals surface area (Å²) in [5, 5.41) is 0. The first kappa shape index (κ1) is 15.8. The summed E-state index contributed by atoms with van der Waals surface area (Å²) in [6, 6.07) is 7.96. The quantitative estimate of drug-likeness (QED) is 0.645. The van der Waals surface area contributed by atoms with Crippen molar-refractivity contribution in [1.29, 1.82) is 0 Å². The molecule has 5 nitrogen and oxygen atoms in total. The first-order valence-corrected chi connectivity index (χ1v) is 6.50. The average molecular weight is 268 g/mol. The number of anilines is 1. The maximum absolute atomic E-state index is 5.61. The summed E-state index contributed by atoms with van der Waals surface area (Å²) >= 11 is 0. The van der Waals surface area contributed by atoms with Crippen LogP contribution in [0.15, 0.2) is 24.3 Å². The Balaban J connectivity index is 2.10. The number of nitrogens with two attached hydrogens (primary N) is 1. The second-order valence-electron chi connectivity index (χ2n) is 4.25. The average Bonchev–Trinajstić information content (AvgIpc) is 2.42. The van der Waals surface area contributed by atoms with Crippen LogP contribution in [0.3, 0.4) is 0 Å². The van der Waals surface area contributed by atoms with Gasteiger partial charge in [-0.2, -0.15) is 0 Å². The molecule has 0 spiro atoms. The molecular formula is C14H24N2O3. The third-order valence-electron chi connectivity index (χ3n) is 2.46. The van der Waals surface area contributed by atoms with Crippen molar-refractivity contribution in [2.24, 2.45) is 5.73 Å². The molecule has 108 valence electrons. The highest BCUT2D eigenvalue weighted by atomic mass is 16.5. The molecule has 0 unspecified atom stereocenters. The van der Waals surface area contributed by atoms with Gasteiger partial charge >= 0.3 is 0 Å². The second kappa shape index (κ2) is 9.61. The Morgan fingerprint density at radius 2 is 1.68 bits per heavy atom. The highest BCUT2D eigenvalue weighted by molar-refractivity contribution is 5.49. The molecule has 0 aromatic heterocycles. The minimum atomic E-state index is 0.535. The zero-order chi connectivity index (χ0) is 13.9. The van der Waals surface area contributed by atoms with Crippen molar-refractivity contribution in [3.05, 3.63) is 24.3 Å². The Hall–Kier alpha value is -1.30. The van der Waals surface area contributed by atoms with Gasteiger partial charge in [0.2, 0.25) is 0 Å². The summed E-state index contributed by atoms with van der Waals surface area (Å²) in [6.45, 7) is 3.36. The van der Waals surface area contributed by atoms with E-state index in [9.17, 15) is 0 Å². The van der Waals surface area contributed by atoms with E-state index in [0.29, 0.717) is 39.6 Å². The largest absolute Gasteiger partial charge is 0.491 e. The smallest absolute Gasteiger partial charge is 0.121 e.